The molecule has 6 heteroatoms. The Labute approximate surface area is 130 Å². The van der Waals surface area contributed by atoms with Gasteiger partial charge >= 0.3 is 0 Å². The number of nitrogens with zero attached hydrogens (tertiary/aromatic N) is 4. The van der Waals surface area contributed by atoms with Gasteiger partial charge in [-0.25, -0.2) is 9.97 Å². The molecule has 0 N–H and O–H groups in total. The van der Waals surface area contributed by atoms with Crippen LogP contribution in [0, 0.1) is 6.92 Å². The smallest absolute Gasteiger partial charge is 0.160 e. The summed E-state index contributed by atoms with van der Waals surface area (Å²) in [5.41, 5.74) is 2.81. The van der Waals surface area contributed by atoms with E-state index in [2.05, 4.69) is 26.5 Å². The molecule has 0 saturated heterocycles. The van der Waals surface area contributed by atoms with Crippen LogP contribution in [0.1, 0.15) is 23.8 Å². The highest BCUT2D eigenvalue weighted by Gasteiger charge is 2.16. The maximum atomic E-state index is 6.27. The molecule has 0 amide bonds. The predicted octanol–water partition coefficient (Wildman–Crippen LogP) is 2.62. The molecule has 116 valence electrons. The van der Waals surface area contributed by atoms with Gasteiger partial charge in [0.25, 0.3) is 0 Å². The molecule has 0 radical (unpaired) electrons. The van der Waals surface area contributed by atoms with E-state index in [0.717, 1.165) is 48.9 Å². The van der Waals surface area contributed by atoms with E-state index in [1.54, 1.807) is 7.11 Å². The lowest BCUT2D eigenvalue weighted by Crippen LogP contribution is -2.27. The number of rotatable bonds is 7. The number of aryl methyl sites for hydroxylation is 1. The minimum atomic E-state index is -0.135. The van der Waals surface area contributed by atoms with Crippen molar-refractivity contribution in [3.8, 4) is 0 Å². The summed E-state index contributed by atoms with van der Waals surface area (Å²) in [6, 6.07) is 3.98. The maximum absolute atomic E-state index is 6.27. The summed E-state index contributed by atoms with van der Waals surface area (Å²) < 4.78 is 7.23. The van der Waals surface area contributed by atoms with Gasteiger partial charge in [-0.05, 0) is 33.0 Å². The van der Waals surface area contributed by atoms with Crippen molar-refractivity contribution in [1.29, 1.82) is 0 Å². The number of methoxy groups -OCH3 is 1. The minimum Gasteiger partial charge on any atom is -0.383 e. The predicted molar refractivity (Wildman–Crippen MR) is 85.9 cm³/mol. The Morgan fingerprint density at radius 3 is 2.76 bits per heavy atom. The van der Waals surface area contributed by atoms with Crippen molar-refractivity contribution >= 4 is 22.8 Å². The van der Waals surface area contributed by atoms with Crippen molar-refractivity contribution in [2.75, 3.05) is 33.9 Å². The van der Waals surface area contributed by atoms with Gasteiger partial charge in [0.15, 0.2) is 5.65 Å². The number of hydrogen-bond acceptors (Lipinski definition) is 4. The number of fused-ring (bicyclic) bond motifs is 1. The second-order valence-electron chi connectivity index (χ2n) is 5.33. The summed E-state index contributed by atoms with van der Waals surface area (Å²) in [4.78, 5) is 11.5. The summed E-state index contributed by atoms with van der Waals surface area (Å²) in [5.74, 6) is 0.880. The van der Waals surface area contributed by atoms with E-state index < -0.39 is 0 Å². The molecule has 2 aromatic heterocycles. The third-order valence-electron chi connectivity index (χ3n) is 3.50. The van der Waals surface area contributed by atoms with Crippen molar-refractivity contribution < 1.29 is 4.74 Å². The topological polar surface area (TPSA) is 43.2 Å². The van der Waals surface area contributed by atoms with Crippen molar-refractivity contribution in [2.45, 2.75) is 25.8 Å². The van der Waals surface area contributed by atoms with Gasteiger partial charge in [0.1, 0.15) is 11.3 Å². The van der Waals surface area contributed by atoms with Crippen LogP contribution >= 0.6 is 11.6 Å². The average molecular weight is 311 g/mol. The number of hydrogen-bond donors (Lipinski definition) is 0. The number of aromatic nitrogens is 3. The third kappa shape index (κ3) is 3.93. The molecule has 0 fully saturated rings. The highest BCUT2D eigenvalue weighted by atomic mass is 35.5. The minimum absolute atomic E-state index is 0.135. The van der Waals surface area contributed by atoms with Crippen LogP contribution in [0.4, 0.5) is 0 Å². The molecule has 0 saturated carbocycles. The van der Waals surface area contributed by atoms with E-state index in [4.69, 9.17) is 16.3 Å². The van der Waals surface area contributed by atoms with Crippen LogP contribution in [0.25, 0.3) is 11.2 Å². The Morgan fingerprint density at radius 2 is 2.10 bits per heavy atom. The molecule has 2 heterocycles. The largest absolute Gasteiger partial charge is 0.383 e. The zero-order valence-corrected chi connectivity index (χ0v) is 13.9. The molecule has 0 aliphatic heterocycles. The number of alkyl halides is 1. The number of imidazole rings is 1. The molecular formula is C15H23ClN4O. The van der Waals surface area contributed by atoms with Crippen LogP contribution in [-0.2, 0) is 11.3 Å². The summed E-state index contributed by atoms with van der Waals surface area (Å²) in [5, 5.41) is -0.135. The molecule has 21 heavy (non-hydrogen) atoms. The standard InChI is InChI=1S/C15H23ClN4O/c1-11-5-6-13-15(17-11)20(14(18-13)12(2)16)8-7-19(3)9-10-21-4/h5-6,12H,7-10H2,1-4H3. The SMILES string of the molecule is COCCN(C)CCn1c(C(C)Cl)nc2ccc(C)nc21. The van der Waals surface area contributed by atoms with Gasteiger partial charge < -0.3 is 14.2 Å². The lowest BCUT2D eigenvalue weighted by atomic mass is 10.3. The first kappa shape index (κ1) is 16.2. The first-order valence-electron chi connectivity index (χ1n) is 7.18. The second-order valence-corrected chi connectivity index (χ2v) is 5.98. The molecule has 1 atom stereocenters. The van der Waals surface area contributed by atoms with E-state index in [1.165, 1.54) is 0 Å². The van der Waals surface area contributed by atoms with Crippen LogP contribution in [0.2, 0.25) is 0 Å². The van der Waals surface area contributed by atoms with Gasteiger partial charge in [-0.2, -0.15) is 0 Å². The number of likely N-dealkylation sites (N-methyl/N-ethyl adjacent to an activating group) is 1. The molecule has 0 aromatic carbocycles. The lowest BCUT2D eigenvalue weighted by Gasteiger charge is -2.18. The quantitative estimate of drug-likeness (QED) is 0.737. The van der Waals surface area contributed by atoms with Crippen LogP contribution in [0.15, 0.2) is 12.1 Å². The fraction of sp³-hybridized carbons (Fsp3) is 0.600. The van der Waals surface area contributed by atoms with Crippen molar-refractivity contribution in [3.63, 3.8) is 0 Å². The van der Waals surface area contributed by atoms with E-state index in [0.29, 0.717) is 0 Å². The van der Waals surface area contributed by atoms with E-state index in [1.807, 2.05) is 26.0 Å². The lowest BCUT2D eigenvalue weighted by molar-refractivity contribution is 0.159. The van der Waals surface area contributed by atoms with E-state index in [9.17, 15) is 0 Å². The van der Waals surface area contributed by atoms with Crippen LogP contribution in [-0.4, -0.2) is 53.3 Å². The zero-order valence-electron chi connectivity index (χ0n) is 13.1. The average Bonchev–Trinajstić information content (AvgIpc) is 2.81. The van der Waals surface area contributed by atoms with Crippen LogP contribution in [0.5, 0.6) is 0 Å². The molecule has 1 unspecified atom stereocenters. The number of pyridine rings is 1. The maximum Gasteiger partial charge on any atom is 0.160 e. The zero-order chi connectivity index (χ0) is 15.4. The van der Waals surface area contributed by atoms with E-state index >= 15 is 0 Å². The van der Waals surface area contributed by atoms with Crippen molar-refractivity contribution in [2.24, 2.45) is 0 Å². The van der Waals surface area contributed by atoms with Crippen molar-refractivity contribution in [1.82, 2.24) is 19.4 Å². The molecular weight excluding hydrogens is 288 g/mol. The Hall–Kier alpha value is -1.17. The Kier molecular flexibility index (Phi) is 5.56. The molecule has 2 aromatic rings. The molecule has 0 spiro atoms. The van der Waals surface area contributed by atoms with Crippen molar-refractivity contribution in [3.05, 3.63) is 23.7 Å². The third-order valence-corrected chi connectivity index (χ3v) is 3.69. The molecule has 5 nitrogen and oxygen atoms in total. The first-order chi connectivity index (χ1) is 10.0. The number of halogens is 1. The summed E-state index contributed by atoms with van der Waals surface area (Å²) >= 11 is 6.27. The molecule has 2 rings (SSSR count). The fourth-order valence-corrected chi connectivity index (χ4v) is 2.43. The van der Waals surface area contributed by atoms with Crippen LogP contribution < -0.4 is 0 Å². The number of ether oxygens (including phenoxy) is 1. The van der Waals surface area contributed by atoms with Crippen LogP contribution in [0.3, 0.4) is 0 Å². The fourth-order valence-electron chi connectivity index (χ4n) is 2.27. The summed E-state index contributed by atoms with van der Waals surface area (Å²) in [6.45, 7) is 7.30. The van der Waals surface area contributed by atoms with E-state index in [-0.39, 0.29) is 5.38 Å². The van der Waals surface area contributed by atoms with Gasteiger partial charge in [-0.3, -0.25) is 0 Å². The highest BCUT2D eigenvalue weighted by Crippen LogP contribution is 2.23. The molecule has 0 bridgehead atoms. The Morgan fingerprint density at radius 1 is 1.33 bits per heavy atom. The normalized spacial score (nSPS) is 13.2. The van der Waals surface area contributed by atoms with Gasteiger partial charge in [0.2, 0.25) is 0 Å². The molecule has 0 aliphatic carbocycles. The van der Waals surface area contributed by atoms with Gasteiger partial charge in [-0.1, -0.05) is 0 Å². The highest BCUT2D eigenvalue weighted by molar-refractivity contribution is 6.20. The summed E-state index contributed by atoms with van der Waals surface area (Å²) in [6.07, 6.45) is 0. The molecule has 0 aliphatic rings. The second kappa shape index (κ2) is 7.20. The van der Waals surface area contributed by atoms with Gasteiger partial charge in [-0.15, -0.1) is 11.6 Å². The first-order valence-corrected chi connectivity index (χ1v) is 7.62. The van der Waals surface area contributed by atoms with Gasteiger partial charge in [0.05, 0.1) is 12.0 Å². The monoisotopic (exact) mass is 310 g/mol. The van der Waals surface area contributed by atoms with Gasteiger partial charge in [0, 0.05) is 32.4 Å². The summed E-state index contributed by atoms with van der Waals surface area (Å²) in [7, 11) is 3.80. The Bertz CT molecular complexity index is 597. The Balaban J connectivity index is 2.23.